The van der Waals surface area contributed by atoms with E-state index in [1.54, 1.807) is 27.7 Å². The lowest BCUT2D eigenvalue weighted by Crippen LogP contribution is -2.30. The van der Waals surface area contributed by atoms with Gasteiger partial charge in [0, 0.05) is 12.2 Å². The second-order valence-corrected chi connectivity index (χ2v) is 10.5. The van der Waals surface area contributed by atoms with Crippen LogP contribution >= 0.6 is 35.0 Å². The van der Waals surface area contributed by atoms with Gasteiger partial charge in [-0.15, -0.1) is 10.2 Å². The van der Waals surface area contributed by atoms with Crippen LogP contribution in [0.2, 0.25) is 10.0 Å². The van der Waals surface area contributed by atoms with Gasteiger partial charge in [0.2, 0.25) is 5.91 Å². The summed E-state index contributed by atoms with van der Waals surface area (Å²) in [6.45, 7) is 0.335. The molecule has 0 unspecified atom stereocenters. The Morgan fingerprint density at radius 3 is 2.50 bits per heavy atom. The third-order valence-corrected chi connectivity index (χ3v) is 7.91. The number of fused-ring (bicyclic) bond motifs is 1. The van der Waals surface area contributed by atoms with Crippen molar-refractivity contribution in [3.05, 3.63) is 99.3 Å². The number of hydrogen-bond acceptors (Lipinski definition) is 5. The maximum Gasteiger partial charge on any atom is 0.417 e. The standard InChI is InChI=1S/C27H20Cl2F3N5O2S/c28-20-10-9-17(13-21(20)29)37-23(14-33-25(39)18-6-2-3-7-19(18)27(30,31)32)34-35-26(37)40-15-24(38)36-12-11-16-5-1-4-8-22(16)36/h1-10,13H,11-12,14-15H2,(H,33,39). The van der Waals surface area contributed by atoms with Crippen molar-refractivity contribution in [1.29, 1.82) is 0 Å². The quantitative estimate of drug-likeness (QED) is 0.254. The van der Waals surface area contributed by atoms with Crippen LogP contribution in [0.1, 0.15) is 27.3 Å². The van der Waals surface area contributed by atoms with Crippen LogP contribution < -0.4 is 10.2 Å². The number of carbonyl (C=O) groups is 2. The predicted octanol–water partition coefficient (Wildman–Crippen LogP) is 6.20. The Balaban J connectivity index is 1.38. The lowest BCUT2D eigenvalue weighted by Gasteiger charge is -2.17. The molecule has 2 amide bonds. The molecule has 0 atom stereocenters. The van der Waals surface area contributed by atoms with Crippen molar-refractivity contribution in [3.8, 4) is 5.69 Å². The van der Waals surface area contributed by atoms with Crippen LogP contribution in [0.5, 0.6) is 0 Å². The number of halogens is 5. The average molecular weight is 606 g/mol. The van der Waals surface area contributed by atoms with Crippen molar-refractivity contribution in [2.24, 2.45) is 0 Å². The number of nitrogens with one attached hydrogen (secondary N) is 1. The molecular weight excluding hydrogens is 586 g/mol. The molecule has 5 rings (SSSR count). The number of benzene rings is 3. The summed E-state index contributed by atoms with van der Waals surface area (Å²) in [5.41, 5.74) is 0.922. The molecule has 0 saturated heterocycles. The number of para-hydroxylation sites is 1. The maximum atomic E-state index is 13.4. The molecule has 13 heteroatoms. The fourth-order valence-corrected chi connectivity index (χ4v) is 5.52. The topological polar surface area (TPSA) is 80.1 Å². The molecule has 1 aliphatic heterocycles. The number of aromatic nitrogens is 3. The van der Waals surface area contributed by atoms with Gasteiger partial charge in [-0.25, -0.2) is 0 Å². The van der Waals surface area contributed by atoms with Crippen molar-refractivity contribution in [2.75, 3.05) is 17.2 Å². The maximum absolute atomic E-state index is 13.4. The Morgan fingerprint density at radius 1 is 0.975 bits per heavy atom. The summed E-state index contributed by atoms with van der Waals surface area (Å²) < 4.78 is 41.8. The number of amides is 2. The van der Waals surface area contributed by atoms with Gasteiger partial charge < -0.3 is 10.2 Å². The van der Waals surface area contributed by atoms with Gasteiger partial charge in [0.05, 0.1) is 39.2 Å². The highest BCUT2D eigenvalue weighted by atomic mass is 35.5. The zero-order valence-electron chi connectivity index (χ0n) is 20.6. The normalized spacial score (nSPS) is 12.9. The van der Waals surface area contributed by atoms with E-state index in [-0.39, 0.29) is 29.1 Å². The summed E-state index contributed by atoms with van der Waals surface area (Å²) in [4.78, 5) is 27.5. The molecule has 40 heavy (non-hydrogen) atoms. The summed E-state index contributed by atoms with van der Waals surface area (Å²) in [7, 11) is 0. The van der Waals surface area contributed by atoms with E-state index >= 15 is 0 Å². The third-order valence-electron chi connectivity index (χ3n) is 6.26. The van der Waals surface area contributed by atoms with Crippen molar-refractivity contribution < 1.29 is 22.8 Å². The lowest BCUT2D eigenvalue weighted by atomic mass is 10.1. The van der Waals surface area contributed by atoms with Crippen LogP contribution in [-0.4, -0.2) is 38.9 Å². The zero-order valence-corrected chi connectivity index (χ0v) is 22.9. The number of rotatable bonds is 7. The van der Waals surface area contributed by atoms with Crippen LogP contribution in [-0.2, 0) is 23.9 Å². The van der Waals surface area contributed by atoms with Crippen LogP contribution in [0.15, 0.2) is 71.9 Å². The molecule has 0 spiro atoms. The molecule has 0 saturated carbocycles. The van der Waals surface area contributed by atoms with Gasteiger partial charge in [0.25, 0.3) is 5.91 Å². The van der Waals surface area contributed by atoms with Crippen molar-refractivity contribution >= 4 is 52.5 Å². The molecule has 7 nitrogen and oxygen atoms in total. The number of thioether (sulfide) groups is 1. The molecular formula is C27H20Cl2F3N5O2S. The largest absolute Gasteiger partial charge is 0.417 e. The predicted molar refractivity (Wildman–Crippen MR) is 147 cm³/mol. The highest BCUT2D eigenvalue weighted by Crippen LogP contribution is 2.33. The molecule has 1 N–H and O–H groups in total. The smallest absolute Gasteiger partial charge is 0.345 e. The fourth-order valence-electron chi connectivity index (χ4n) is 4.38. The molecule has 1 aromatic heterocycles. The Morgan fingerprint density at radius 2 is 1.73 bits per heavy atom. The van der Waals surface area contributed by atoms with Gasteiger partial charge in [0.1, 0.15) is 0 Å². The van der Waals surface area contributed by atoms with E-state index in [0.717, 1.165) is 41.6 Å². The Labute approximate surface area is 241 Å². The minimum absolute atomic E-state index is 0.0547. The van der Waals surface area contributed by atoms with Crippen molar-refractivity contribution in [2.45, 2.75) is 24.3 Å². The fraction of sp³-hybridized carbons (Fsp3) is 0.185. The Bertz CT molecular complexity index is 1590. The monoisotopic (exact) mass is 605 g/mol. The molecule has 0 radical (unpaired) electrons. The average Bonchev–Trinajstić information content (AvgIpc) is 3.56. The van der Waals surface area contributed by atoms with E-state index in [4.69, 9.17) is 23.2 Å². The van der Waals surface area contributed by atoms with Crippen molar-refractivity contribution in [3.63, 3.8) is 0 Å². The molecule has 1 aliphatic rings. The summed E-state index contributed by atoms with van der Waals surface area (Å²) >= 11 is 13.5. The van der Waals surface area contributed by atoms with Crippen LogP contribution in [0.25, 0.3) is 5.69 Å². The Kier molecular flexibility index (Phi) is 8.07. The first-order valence-electron chi connectivity index (χ1n) is 12.0. The highest BCUT2D eigenvalue weighted by Gasteiger charge is 2.35. The van der Waals surface area contributed by atoms with E-state index in [2.05, 4.69) is 15.5 Å². The van der Waals surface area contributed by atoms with Gasteiger partial charge in [-0.2, -0.15) is 13.2 Å². The van der Waals surface area contributed by atoms with Gasteiger partial charge in [-0.05, 0) is 48.4 Å². The first-order chi connectivity index (χ1) is 19.1. The van der Waals surface area contributed by atoms with E-state index < -0.39 is 23.2 Å². The second-order valence-electron chi connectivity index (χ2n) is 8.77. The molecule has 206 valence electrons. The highest BCUT2D eigenvalue weighted by molar-refractivity contribution is 7.99. The first kappa shape index (κ1) is 28.0. The summed E-state index contributed by atoms with van der Waals surface area (Å²) in [5.74, 6) is -0.761. The summed E-state index contributed by atoms with van der Waals surface area (Å²) in [5, 5.41) is 11.7. The second kappa shape index (κ2) is 11.5. The van der Waals surface area contributed by atoms with Crippen LogP contribution in [0.4, 0.5) is 18.9 Å². The van der Waals surface area contributed by atoms with Gasteiger partial charge in [0.15, 0.2) is 11.0 Å². The number of alkyl halides is 3. The van der Waals surface area contributed by atoms with Crippen LogP contribution in [0, 0.1) is 0 Å². The van der Waals surface area contributed by atoms with Gasteiger partial charge in [-0.3, -0.25) is 14.2 Å². The van der Waals surface area contributed by atoms with E-state index in [9.17, 15) is 22.8 Å². The minimum atomic E-state index is -4.69. The lowest BCUT2D eigenvalue weighted by molar-refractivity contribution is -0.138. The number of nitrogens with zero attached hydrogens (tertiary/aromatic N) is 4. The van der Waals surface area contributed by atoms with Crippen molar-refractivity contribution in [1.82, 2.24) is 20.1 Å². The summed E-state index contributed by atoms with van der Waals surface area (Å²) in [6, 6.07) is 17.0. The number of hydrogen-bond donors (Lipinski definition) is 1. The minimum Gasteiger partial charge on any atom is -0.345 e. The molecule has 0 aliphatic carbocycles. The molecule has 3 aromatic carbocycles. The van der Waals surface area contributed by atoms with Gasteiger partial charge >= 0.3 is 6.18 Å². The third kappa shape index (κ3) is 5.81. The summed E-state index contributed by atoms with van der Waals surface area (Å²) in [6.07, 6.45) is -3.92. The molecule has 4 aromatic rings. The molecule has 2 heterocycles. The zero-order chi connectivity index (χ0) is 28.4. The van der Waals surface area contributed by atoms with E-state index in [1.807, 2.05) is 24.3 Å². The number of anilines is 1. The Hall–Kier alpha value is -3.54. The SMILES string of the molecule is O=C(NCc1nnc(SCC(=O)N2CCc3ccccc32)n1-c1ccc(Cl)c(Cl)c1)c1ccccc1C(F)(F)F. The van der Waals surface area contributed by atoms with E-state index in [0.29, 0.717) is 22.4 Å². The van der Waals surface area contributed by atoms with Crippen LogP contribution in [0.3, 0.4) is 0 Å². The number of carbonyl (C=O) groups excluding carboxylic acids is 2. The first-order valence-corrected chi connectivity index (χ1v) is 13.7. The van der Waals surface area contributed by atoms with Gasteiger partial charge in [-0.1, -0.05) is 65.3 Å². The molecule has 0 fully saturated rings. The van der Waals surface area contributed by atoms with E-state index in [1.165, 1.54) is 12.1 Å². The molecule has 0 bridgehead atoms.